The Morgan fingerprint density at radius 2 is 2.06 bits per heavy atom. The summed E-state index contributed by atoms with van der Waals surface area (Å²) in [7, 11) is 0. The van der Waals surface area contributed by atoms with Crippen molar-refractivity contribution < 1.29 is 18.3 Å². The van der Waals surface area contributed by atoms with E-state index in [4.69, 9.17) is 5.73 Å². The van der Waals surface area contributed by atoms with E-state index in [9.17, 15) is 18.3 Å². The van der Waals surface area contributed by atoms with Gasteiger partial charge in [-0.25, -0.2) is 0 Å². The smallest absolute Gasteiger partial charge is 0.416 e. The average molecular weight is 310 g/mol. The molecule has 0 bridgehead atoms. The maximum atomic E-state index is 12.8. The van der Waals surface area contributed by atoms with Crippen LogP contribution in [0.1, 0.15) is 23.6 Å². The summed E-state index contributed by atoms with van der Waals surface area (Å²) >= 11 is 2.97. The highest BCUT2D eigenvalue weighted by Crippen LogP contribution is 2.42. The fourth-order valence-electron chi connectivity index (χ4n) is 1.50. The molecule has 2 nitrogen and oxygen atoms in total. The number of hydrogen-bond donors (Lipinski definition) is 2. The Hall–Kier alpha value is -1.01. The third kappa shape index (κ3) is 3.01. The maximum Gasteiger partial charge on any atom is 0.416 e. The Kier molecular flexibility index (Phi) is 4.21. The molecule has 1 aromatic carbocycles. The SMILES string of the molecule is C=CC[C@@H](N)c1c(C(F)(F)F)ccc(Br)c1O. The number of aromatic hydroxyl groups is 1. The first kappa shape index (κ1) is 14.1. The molecule has 1 atom stereocenters. The standard InChI is InChI=1S/C11H11BrF3NO/c1-2-3-8(16)9-6(11(13,14)15)4-5-7(12)10(9)17/h2,4-5,8,17H,1,3,16H2/t8-/m1/s1. The molecule has 0 aliphatic carbocycles. The monoisotopic (exact) mass is 309 g/mol. The highest BCUT2D eigenvalue weighted by atomic mass is 79.9. The van der Waals surface area contributed by atoms with Crippen LogP contribution in [0.25, 0.3) is 0 Å². The first-order valence-electron chi connectivity index (χ1n) is 4.74. The van der Waals surface area contributed by atoms with Gasteiger partial charge in [0.15, 0.2) is 0 Å². The third-order valence-electron chi connectivity index (χ3n) is 2.26. The van der Waals surface area contributed by atoms with Gasteiger partial charge in [0.25, 0.3) is 0 Å². The van der Waals surface area contributed by atoms with Crippen LogP contribution in [0.3, 0.4) is 0 Å². The fourth-order valence-corrected chi connectivity index (χ4v) is 1.85. The highest BCUT2D eigenvalue weighted by molar-refractivity contribution is 9.10. The second-order valence-electron chi connectivity index (χ2n) is 3.49. The van der Waals surface area contributed by atoms with E-state index >= 15 is 0 Å². The summed E-state index contributed by atoms with van der Waals surface area (Å²) in [4.78, 5) is 0. The van der Waals surface area contributed by atoms with Gasteiger partial charge in [-0.05, 0) is 34.5 Å². The Balaban J connectivity index is 3.41. The molecule has 0 radical (unpaired) electrons. The minimum atomic E-state index is -4.55. The zero-order chi connectivity index (χ0) is 13.2. The number of benzene rings is 1. The van der Waals surface area contributed by atoms with Gasteiger partial charge < -0.3 is 10.8 Å². The molecule has 94 valence electrons. The van der Waals surface area contributed by atoms with Crippen LogP contribution in [0.2, 0.25) is 0 Å². The van der Waals surface area contributed by atoms with Crippen molar-refractivity contribution in [3.63, 3.8) is 0 Å². The number of hydrogen-bond acceptors (Lipinski definition) is 2. The zero-order valence-electron chi connectivity index (χ0n) is 8.76. The molecular formula is C11H11BrF3NO. The lowest BCUT2D eigenvalue weighted by molar-refractivity contribution is -0.138. The minimum absolute atomic E-state index is 0.146. The van der Waals surface area contributed by atoms with Crippen LogP contribution in [-0.4, -0.2) is 5.11 Å². The normalized spacial score (nSPS) is 13.5. The van der Waals surface area contributed by atoms with Crippen molar-refractivity contribution in [3.8, 4) is 5.75 Å². The van der Waals surface area contributed by atoms with E-state index in [2.05, 4.69) is 22.5 Å². The molecule has 1 rings (SSSR count). The van der Waals surface area contributed by atoms with Gasteiger partial charge in [0.2, 0.25) is 0 Å². The topological polar surface area (TPSA) is 46.2 Å². The van der Waals surface area contributed by atoms with E-state index in [0.717, 1.165) is 12.1 Å². The molecule has 3 N–H and O–H groups in total. The van der Waals surface area contributed by atoms with Crippen LogP contribution in [0.5, 0.6) is 5.75 Å². The molecule has 17 heavy (non-hydrogen) atoms. The van der Waals surface area contributed by atoms with E-state index in [1.54, 1.807) is 0 Å². The summed E-state index contributed by atoms with van der Waals surface area (Å²) in [5.41, 5.74) is 4.38. The molecule has 0 heterocycles. The van der Waals surface area contributed by atoms with Crippen LogP contribution >= 0.6 is 15.9 Å². The molecule has 6 heteroatoms. The first-order chi connectivity index (χ1) is 7.79. The van der Waals surface area contributed by atoms with Crippen molar-refractivity contribution in [1.29, 1.82) is 0 Å². The molecule has 0 fully saturated rings. The minimum Gasteiger partial charge on any atom is -0.506 e. The summed E-state index contributed by atoms with van der Waals surface area (Å²) in [5, 5.41) is 9.68. The van der Waals surface area contributed by atoms with E-state index in [0.29, 0.717) is 0 Å². The Labute approximate surface area is 105 Å². The first-order valence-corrected chi connectivity index (χ1v) is 5.53. The molecular weight excluding hydrogens is 299 g/mol. The lowest BCUT2D eigenvalue weighted by Crippen LogP contribution is -2.17. The average Bonchev–Trinajstić information content (AvgIpc) is 2.20. The molecule has 0 saturated heterocycles. The summed E-state index contributed by atoms with van der Waals surface area (Å²) in [5.74, 6) is -0.478. The summed E-state index contributed by atoms with van der Waals surface area (Å²) in [6, 6.07) is 1.09. The maximum absolute atomic E-state index is 12.8. The second kappa shape index (κ2) is 5.10. The number of nitrogens with two attached hydrogens (primary N) is 1. The molecule has 1 aromatic rings. The molecule has 0 unspecified atom stereocenters. The number of rotatable bonds is 3. The Morgan fingerprint density at radius 3 is 2.53 bits per heavy atom. The molecule has 0 aliphatic heterocycles. The third-order valence-corrected chi connectivity index (χ3v) is 2.90. The summed E-state index contributed by atoms with van der Waals surface area (Å²) in [6.07, 6.45) is -3.00. The summed E-state index contributed by atoms with van der Waals surface area (Å²) < 4.78 is 38.4. The van der Waals surface area contributed by atoms with Crippen LogP contribution in [-0.2, 0) is 6.18 Å². The number of alkyl halides is 3. The van der Waals surface area contributed by atoms with Gasteiger partial charge in [-0.1, -0.05) is 6.08 Å². The highest BCUT2D eigenvalue weighted by Gasteiger charge is 2.36. The molecule has 0 aliphatic rings. The van der Waals surface area contributed by atoms with Crippen LogP contribution in [0.4, 0.5) is 13.2 Å². The Morgan fingerprint density at radius 1 is 1.47 bits per heavy atom. The van der Waals surface area contributed by atoms with E-state index in [-0.39, 0.29) is 16.5 Å². The quantitative estimate of drug-likeness (QED) is 0.835. The van der Waals surface area contributed by atoms with Gasteiger partial charge in [0, 0.05) is 11.6 Å². The molecule has 0 amide bonds. The second-order valence-corrected chi connectivity index (χ2v) is 4.34. The van der Waals surface area contributed by atoms with Gasteiger partial charge in [0.1, 0.15) is 5.75 Å². The van der Waals surface area contributed by atoms with Crippen molar-refractivity contribution in [2.45, 2.75) is 18.6 Å². The van der Waals surface area contributed by atoms with Gasteiger partial charge >= 0.3 is 6.18 Å². The van der Waals surface area contributed by atoms with Gasteiger partial charge in [-0.15, -0.1) is 6.58 Å². The number of phenols is 1. The van der Waals surface area contributed by atoms with Gasteiger partial charge in [-0.2, -0.15) is 13.2 Å². The predicted molar refractivity (Wildman–Crippen MR) is 62.6 cm³/mol. The number of halogens is 4. The molecule has 0 spiro atoms. The largest absolute Gasteiger partial charge is 0.506 e. The van der Waals surface area contributed by atoms with E-state index in [1.807, 2.05) is 0 Å². The van der Waals surface area contributed by atoms with Crippen molar-refractivity contribution in [3.05, 3.63) is 40.4 Å². The lowest BCUT2D eigenvalue weighted by Gasteiger charge is -2.19. The van der Waals surface area contributed by atoms with Crippen molar-refractivity contribution >= 4 is 15.9 Å². The zero-order valence-corrected chi connectivity index (χ0v) is 10.3. The fraction of sp³-hybridized carbons (Fsp3) is 0.273. The Bertz CT molecular complexity index is 431. The van der Waals surface area contributed by atoms with Crippen molar-refractivity contribution in [1.82, 2.24) is 0 Å². The van der Waals surface area contributed by atoms with Crippen molar-refractivity contribution in [2.24, 2.45) is 5.73 Å². The van der Waals surface area contributed by atoms with Crippen LogP contribution < -0.4 is 5.73 Å². The van der Waals surface area contributed by atoms with Gasteiger partial charge in [0.05, 0.1) is 10.0 Å². The lowest BCUT2D eigenvalue weighted by atomic mass is 9.97. The predicted octanol–water partition coefficient (Wildman–Crippen LogP) is 3.75. The van der Waals surface area contributed by atoms with E-state index < -0.39 is 23.5 Å². The summed E-state index contributed by atoms with van der Waals surface area (Å²) in [6.45, 7) is 3.42. The van der Waals surface area contributed by atoms with Gasteiger partial charge in [-0.3, -0.25) is 0 Å². The molecule has 0 saturated carbocycles. The van der Waals surface area contributed by atoms with Crippen molar-refractivity contribution in [2.75, 3.05) is 0 Å². The van der Waals surface area contributed by atoms with Crippen LogP contribution in [0.15, 0.2) is 29.3 Å². The number of phenolic OH excluding ortho intramolecular Hbond substituents is 1. The molecule has 0 aromatic heterocycles. The van der Waals surface area contributed by atoms with Crippen LogP contribution in [0, 0.1) is 0 Å². The van der Waals surface area contributed by atoms with E-state index in [1.165, 1.54) is 6.08 Å².